The van der Waals surface area contributed by atoms with Crippen molar-refractivity contribution in [3.63, 3.8) is 0 Å². The van der Waals surface area contributed by atoms with Crippen LogP contribution in [0.3, 0.4) is 0 Å². The van der Waals surface area contributed by atoms with E-state index in [4.69, 9.17) is 0 Å². The molecule has 0 saturated carbocycles. The van der Waals surface area contributed by atoms with Gasteiger partial charge in [-0.2, -0.15) is 0 Å². The standard InChI is InChI=1S/C22H25FN2/c1-24-12-18-13-25(20-10-15-5-2-3-6-16(15)11-20)14-21(18)22(24)17-7-4-8-19(23)9-17/h2-9,18,20-22H,10-14H2,1H3/t18-,21+,22-/m0/s1. The molecule has 2 aromatic rings. The summed E-state index contributed by atoms with van der Waals surface area (Å²) in [5.74, 6) is 1.22. The zero-order valence-corrected chi connectivity index (χ0v) is 14.7. The number of hydrogen-bond acceptors (Lipinski definition) is 2. The van der Waals surface area contributed by atoms with Gasteiger partial charge in [0, 0.05) is 31.7 Å². The van der Waals surface area contributed by atoms with E-state index in [1.165, 1.54) is 30.5 Å². The molecule has 0 aromatic heterocycles. The molecule has 0 unspecified atom stereocenters. The van der Waals surface area contributed by atoms with E-state index in [1.807, 2.05) is 6.07 Å². The molecule has 3 atom stereocenters. The van der Waals surface area contributed by atoms with Gasteiger partial charge in [0.25, 0.3) is 0 Å². The fourth-order valence-electron chi connectivity index (χ4n) is 5.58. The van der Waals surface area contributed by atoms with Crippen LogP contribution in [0.4, 0.5) is 4.39 Å². The first-order chi connectivity index (χ1) is 12.2. The molecule has 0 amide bonds. The SMILES string of the molecule is CN1C[C@H]2CN(C3Cc4ccccc4C3)C[C@H]2[C@@H]1c1cccc(F)c1. The molecule has 3 heteroatoms. The largest absolute Gasteiger partial charge is 0.299 e. The summed E-state index contributed by atoms with van der Waals surface area (Å²) in [6, 6.07) is 17.1. The lowest BCUT2D eigenvalue weighted by Crippen LogP contribution is -2.37. The van der Waals surface area contributed by atoms with Crippen molar-refractivity contribution in [1.29, 1.82) is 0 Å². The van der Waals surface area contributed by atoms with Crippen LogP contribution in [0.25, 0.3) is 0 Å². The maximum Gasteiger partial charge on any atom is 0.123 e. The van der Waals surface area contributed by atoms with Crippen molar-refractivity contribution in [1.82, 2.24) is 9.80 Å². The topological polar surface area (TPSA) is 6.48 Å². The van der Waals surface area contributed by atoms with E-state index in [0.717, 1.165) is 18.7 Å². The molecule has 2 aliphatic heterocycles. The molecule has 2 aromatic carbocycles. The third-order valence-electron chi connectivity index (χ3n) is 6.66. The Morgan fingerprint density at radius 1 is 0.920 bits per heavy atom. The van der Waals surface area contributed by atoms with E-state index in [-0.39, 0.29) is 5.82 Å². The zero-order chi connectivity index (χ0) is 17.0. The summed E-state index contributed by atoms with van der Waals surface area (Å²) in [6.45, 7) is 3.47. The van der Waals surface area contributed by atoms with Crippen LogP contribution < -0.4 is 0 Å². The monoisotopic (exact) mass is 336 g/mol. The Morgan fingerprint density at radius 3 is 2.40 bits per heavy atom. The highest BCUT2D eigenvalue weighted by Crippen LogP contribution is 2.45. The summed E-state index contributed by atoms with van der Waals surface area (Å²) in [5, 5.41) is 0. The van der Waals surface area contributed by atoms with Gasteiger partial charge >= 0.3 is 0 Å². The second-order valence-corrected chi connectivity index (χ2v) is 8.15. The second-order valence-electron chi connectivity index (χ2n) is 8.15. The average Bonchev–Trinajstić information content (AvgIpc) is 3.25. The lowest BCUT2D eigenvalue weighted by molar-refractivity contribution is 0.190. The first kappa shape index (κ1) is 15.5. The van der Waals surface area contributed by atoms with E-state index in [1.54, 1.807) is 12.1 Å². The third kappa shape index (κ3) is 2.61. The van der Waals surface area contributed by atoms with E-state index in [9.17, 15) is 4.39 Å². The van der Waals surface area contributed by atoms with Crippen LogP contribution in [-0.4, -0.2) is 42.5 Å². The Kier molecular flexibility index (Phi) is 3.68. The molecule has 2 saturated heterocycles. The van der Waals surface area contributed by atoms with Gasteiger partial charge in [0.05, 0.1) is 0 Å². The van der Waals surface area contributed by atoms with Crippen LogP contribution in [0.5, 0.6) is 0 Å². The molecule has 0 N–H and O–H groups in total. The highest BCUT2D eigenvalue weighted by Gasteiger charge is 2.47. The van der Waals surface area contributed by atoms with Gasteiger partial charge < -0.3 is 0 Å². The summed E-state index contributed by atoms with van der Waals surface area (Å²) in [5.41, 5.74) is 4.21. The highest BCUT2D eigenvalue weighted by atomic mass is 19.1. The summed E-state index contributed by atoms with van der Waals surface area (Å²) in [4.78, 5) is 5.15. The van der Waals surface area contributed by atoms with E-state index in [0.29, 0.717) is 23.9 Å². The normalized spacial score (nSPS) is 29.9. The van der Waals surface area contributed by atoms with Gasteiger partial charge in [-0.25, -0.2) is 4.39 Å². The summed E-state index contributed by atoms with van der Waals surface area (Å²) in [6.07, 6.45) is 2.38. The number of nitrogens with zero attached hydrogens (tertiary/aromatic N) is 2. The number of likely N-dealkylation sites (tertiary alicyclic amines) is 2. The Morgan fingerprint density at radius 2 is 1.68 bits per heavy atom. The van der Waals surface area contributed by atoms with Gasteiger partial charge in [-0.3, -0.25) is 9.80 Å². The minimum Gasteiger partial charge on any atom is -0.299 e. The van der Waals surface area contributed by atoms with Crippen LogP contribution in [0.15, 0.2) is 48.5 Å². The van der Waals surface area contributed by atoms with Crippen LogP contribution in [-0.2, 0) is 12.8 Å². The van der Waals surface area contributed by atoms with Gasteiger partial charge in [-0.15, -0.1) is 0 Å². The van der Waals surface area contributed by atoms with Gasteiger partial charge in [0.2, 0.25) is 0 Å². The van der Waals surface area contributed by atoms with Gasteiger partial charge in [0.1, 0.15) is 5.82 Å². The average molecular weight is 336 g/mol. The van der Waals surface area contributed by atoms with Crippen LogP contribution in [0.1, 0.15) is 22.7 Å². The fourth-order valence-corrected chi connectivity index (χ4v) is 5.58. The molecule has 25 heavy (non-hydrogen) atoms. The van der Waals surface area contributed by atoms with Crippen LogP contribution >= 0.6 is 0 Å². The Hall–Kier alpha value is -1.71. The van der Waals surface area contributed by atoms with Crippen molar-refractivity contribution < 1.29 is 4.39 Å². The molecule has 3 aliphatic rings. The smallest absolute Gasteiger partial charge is 0.123 e. The molecule has 2 fully saturated rings. The third-order valence-corrected chi connectivity index (χ3v) is 6.66. The van der Waals surface area contributed by atoms with Crippen molar-refractivity contribution >= 4 is 0 Å². The Bertz CT molecular complexity index is 764. The highest BCUT2D eigenvalue weighted by molar-refractivity contribution is 5.33. The maximum atomic E-state index is 13.7. The molecule has 0 bridgehead atoms. The first-order valence-corrected chi connectivity index (χ1v) is 9.45. The minimum atomic E-state index is -0.115. The van der Waals surface area contributed by atoms with Gasteiger partial charge in [-0.05, 0) is 60.5 Å². The number of benzene rings is 2. The Labute approximate surface area is 149 Å². The zero-order valence-electron chi connectivity index (χ0n) is 14.7. The molecule has 0 spiro atoms. The fraction of sp³-hybridized carbons (Fsp3) is 0.455. The number of hydrogen-bond donors (Lipinski definition) is 0. The van der Waals surface area contributed by atoms with Crippen LogP contribution in [0, 0.1) is 17.7 Å². The van der Waals surface area contributed by atoms with Crippen molar-refractivity contribution in [2.24, 2.45) is 11.8 Å². The predicted octanol–water partition coefficient (Wildman–Crippen LogP) is 3.53. The maximum absolute atomic E-state index is 13.7. The predicted molar refractivity (Wildman–Crippen MR) is 98.0 cm³/mol. The second kappa shape index (κ2) is 5.93. The summed E-state index contributed by atoms with van der Waals surface area (Å²) in [7, 11) is 2.20. The first-order valence-electron chi connectivity index (χ1n) is 9.45. The lowest BCUT2D eigenvalue weighted by atomic mass is 9.89. The van der Waals surface area contributed by atoms with Crippen molar-refractivity contribution in [2.75, 3.05) is 26.7 Å². The molecule has 0 radical (unpaired) electrons. The van der Waals surface area contributed by atoms with Crippen molar-refractivity contribution in [3.8, 4) is 0 Å². The number of halogens is 1. The Balaban J connectivity index is 1.35. The quantitative estimate of drug-likeness (QED) is 0.828. The van der Waals surface area contributed by atoms with Crippen LogP contribution in [0.2, 0.25) is 0 Å². The molecule has 2 heterocycles. The molecular weight excluding hydrogens is 311 g/mol. The van der Waals surface area contributed by atoms with Gasteiger partial charge in [-0.1, -0.05) is 36.4 Å². The number of rotatable bonds is 2. The molecule has 2 nitrogen and oxygen atoms in total. The van der Waals surface area contributed by atoms with Gasteiger partial charge in [0.15, 0.2) is 0 Å². The lowest BCUT2D eigenvalue weighted by Gasteiger charge is -2.29. The van der Waals surface area contributed by atoms with E-state index >= 15 is 0 Å². The molecular formula is C22H25FN2. The van der Waals surface area contributed by atoms with E-state index < -0.39 is 0 Å². The summed E-state index contributed by atoms with van der Waals surface area (Å²) < 4.78 is 13.7. The number of fused-ring (bicyclic) bond motifs is 2. The van der Waals surface area contributed by atoms with E-state index in [2.05, 4.69) is 47.2 Å². The molecule has 1 aliphatic carbocycles. The molecule has 5 rings (SSSR count). The van der Waals surface area contributed by atoms with Crippen molar-refractivity contribution in [3.05, 3.63) is 71.0 Å². The van der Waals surface area contributed by atoms with Crippen molar-refractivity contribution in [2.45, 2.75) is 24.9 Å². The minimum absolute atomic E-state index is 0.115. The summed E-state index contributed by atoms with van der Waals surface area (Å²) >= 11 is 0. The molecule has 130 valence electrons.